The number of hydrogen-bond donors (Lipinski definition) is 3. The minimum atomic E-state index is 0.00815. The molecule has 0 spiro atoms. The van der Waals surface area contributed by atoms with E-state index in [4.69, 9.17) is 16.7 Å². The Labute approximate surface area is 78.0 Å². The Balaban J connectivity index is 3.23. The van der Waals surface area contributed by atoms with Crippen LogP contribution in [0.25, 0.3) is 0 Å². The Morgan fingerprint density at radius 2 is 2.17 bits per heavy atom. The van der Waals surface area contributed by atoms with Crippen molar-refractivity contribution < 1.29 is 5.21 Å². The van der Waals surface area contributed by atoms with Crippen molar-refractivity contribution in [1.29, 1.82) is 0 Å². The molecule has 0 unspecified atom stereocenters. The lowest BCUT2D eigenvalue weighted by Crippen LogP contribution is -2.15. The number of anilines is 1. The summed E-state index contributed by atoms with van der Waals surface area (Å²) in [6.45, 7) is 0. The quantitative estimate of drug-likeness (QED) is 0.222. The summed E-state index contributed by atoms with van der Waals surface area (Å²) < 4.78 is 0.832. The summed E-state index contributed by atoms with van der Waals surface area (Å²) in [5.74, 6) is 0.00815. The van der Waals surface area contributed by atoms with Crippen LogP contribution in [-0.2, 0) is 0 Å². The van der Waals surface area contributed by atoms with E-state index in [-0.39, 0.29) is 5.84 Å². The molecule has 0 bridgehead atoms. The fourth-order valence-electron chi connectivity index (χ4n) is 0.804. The van der Waals surface area contributed by atoms with Crippen molar-refractivity contribution in [2.45, 2.75) is 0 Å². The lowest BCUT2D eigenvalue weighted by Gasteiger charge is -2.02. The molecule has 0 aliphatic heterocycles. The molecule has 1 aromatic rings. The summed E-state index contributed by atoms with van der Waals surface area (Å²) >= 11 is 3.25. The maximum absolute atomic E-state index is 8.40. The van der Waals surface area contributed by atoms with Gasteiger partial charge in [-0.2, -0.15) is 0 Å². The lowest BCUT2D eigenvalue weighted by atomic mass is 10.2. The number of rotatable bonds is 1. The van der Waals surface area contributed by atoms with Crippen LogP contribution in [0.1, 0.15) is 5.56 Å². The van der Waals surface area contributed by atoms with Crippen LogP contribution in [0.2, 0.25) is 0 Å². The maximum atomic E-state index is 8.40. The van der Waals surface area contributed by atoms with Gasteiger partial charge in [-0.1, -0.05) is 21.1 Å². The standard InChI is InChI=1S/C7H8BrN3O/c8-4-1-2-6(9)5(3-4)7(10)11-12/h1-3,12H,9H2,(H2,10,11). The summed E-state index contributed by atoms with van der Waals surface area (Å²) in [6.07, 6.45) is 0. The minimum absolute atomic E-state index is 0.00815. The molecule has 4 nitrogen and oxygen atoms in total. The largest absolute Gasteiger partial charge is 0.409 e. The zero-order valence-electron chi connectivity index (χ0n) is 6.16. The van der Waals surface area contributed by atoms with E-state index in [9.17, 15) is 0 Å². The summed E-state index contributed by atoms with van der Waals surface area (Å²) in [5, 5.41) is 11.2. The van der Waals surface area contributed by atoms with Crippen molar-refractivity contribution in [2.24, 2.45) is 10.9 Å². The topological polar surface area (TPSA) is 84.6 Å². The monoisotopic (exact) mass is 229 g/mol. The van der Waals surface area contributed by atoms with Crippen LogP contribution >= 0.6 is 15.9 Å². The molecule has 5 heteroatoms. The van der Waals surface area contributed by atoms with E-state index in [1.54, 1.807) is 18.2 Å². The first-order valence-electron chi connectivity index (χ1n) is 3.18. The average Bonchev–Trinajstić information content (AvgIpc) is 2.08. The number of halogens is 1. The first kappa shape index (κ1) is 8.86. The van der Waals surface area contributed by atoms with Gasteiger partial charge in [0.1, 0.15) is 0 Å². The van der Waals surface area contributed by atoms with Gasteiger partial charge in [0.05, 0.1) is 0 Å². The van der Waals surface area contributed by atoms with Crippen LogP contribution in [0.5, 0.6) is 0 Å². The Morgan fingerprint density at radius 1 is 1.50 bits per heavy atom. The van der Waals surface area contributed by atoms with Gasteiger partial charge in [-0.15, -0.1) is 0 Å². The van der Waals surface area contributed by atoms with Crippen molar-refractivity contribution in [1.82, 2.24) is 0 Å². The summed E-state index contributed by atoms with van der Waals surface area (Å²) in [5.41, 5.74) is 11.9. The normalized spacial score (nSPS) is 11.6. The van der Waals surface area contributed by atoms with Gasteiger partial charge >= 0.3 is 0 Å². The Bertz CT molecular complexity index is 324. The fourth-order valence-corrected chi connectivity index (χ4v) is 1.17. The molecule has 0 fully saturated rings. The molecular formula is C7H8BrN3O. The predicted molar refractivity (Wildman–Crippen MR) is 51.1 cm³/mol. The molecule has 0 saturated heterocycles. The molecular weight excluding hydrogens is 222 g/mol. The van der Waals surface area contributed by atoms with E-state index in [0.717, 1.165) is 4.47 Å². The third kappa shape index (κ3) is 1.68. The van der Waals surface area contributed by atoms with Crippen LogP contribution in [0.3, 0.4) is 0 Å². The minimum Gasteiger partial charge on any atom is -0.409 e. The molecule has 5 N–H and O–H groups in total. The van der Waals surface area contributed by atoms with Crippen LogP contribution < -0.4 is 11.5 Å². The van der Waals surface area contributed by atoms with E-state index in [1.165, 1.54) is 0 Å². The van der Waals surface area contributed by atoms with Crippen molar-refractivity contribution in [3.05, 3.63) is 28.2 Å². The number of nitrogens with two attached hydrogens (primary N) is 2. The van der Waals surface area contributed by atoms with Crippen LogP contribution in [-0.4, -0.2) is 11.0 Å². The van der Waals surface area contributed by atoms with Crippen molar-refractivity contribution in [3.63, 3.8) is 0 Å². The van der Waals surface area contributed by atoms with Gasteiger partial charge in [-0.25, -0.2) is 0 Å². The molecule has 0 aliphatic carbocycles. The van der Waals surface area contributed by atoms with Crippen molar-refractivity contribution in [2.75, 3.05) is 5.73 Å². The average molecular weight is 230 g/mol. The first-order chi connectivity index (χ1) is 5.65. The third-order valence-corrected chi connectivity index (χ3v) is 1.89. The second kappa shape index (κ2) is 3.44. The zero-order valence-corrected chi connectivity index (χ0v) is 7.75. The Morgan fingerprint density at radius 3 is 2.75 bits per heavy atom. The van der Waals surface area contributed by atoms with Gasteiger partial charge in [-0.3, -0.25) is 0 Å². The van der Waals surface area contributed by atoms with Crippen molar-refractivity contribution in [3.8, 4) is 0 Å². The summed E-state index contributed by atoms with van der Waals surface area (Å²) in [6, 6.07) is 5.14. The van der Waals surface area contributed by atoms with Crippen LogP contribution in [0, 0.1) is 0 Å². The second-order valence-electron chi connectivity index (χ2n) is 2.22. The summed E-state index contributed by atoms with van der Waals surface area (Å²) in [4.78, 5) is 0. The molecule has 0 amide bonds. The van der Waals surface area contributed by atoms with Gasteiger partial charge in [0, 0.05) is 15.7 Å². The summed E-state index contributed by atoms with van der Waals surface area (Å²) in [7, 11) is 0. The molecule has 0 radical (unpaired) electrons. The molecule has 1 aromatic carbocycles. The number of benzene rings is 1. The fraction of sp³-hybridized carbons (Fsp3) is 0. The van der Waals surface area contributed by atoms with Crippen LogP contribution in [0.15, 0.2) is 27.8 Å². The van der Waals surface area contributed by atoms with Gasteiger partial charge in [0.2, 0.25) is 0 Å². The lowest BCUT2D eigenvalue weighted by molar-refractivity contribution is 0.318. The first-order valence-corrected chi connectivity index (χ1v) is 3.97. The number of hydrogen-bond acceptors (Lipinski definition) is 3. The van der Waals surface area contributed by atoms with Gasteiger partial charge in [0.25, 0.3) is 0 Å². The highest BCUT2D eigenvalue weighted by atomic mass is 79.9. The Kier molecular flexibility index (Phi) is 2.54. The van der Waals surface area contributed by atoms with Crippen LogP contribution in [0.4, 0.5) is 5.69 Å². The van der Waals surface area contributed by atoms with Gasteiger partial charge < -0.3 is 16.7 Å². The molecule has 1 rings (SSSR count). The number of nitrogens with zero attached hydrogens (tertiary/aromatic N) is 1. The highest BCUT2D eigenvalue weighted by Crippen LogP contribution is 2.17. The smallest absolute Gasteiger partial charge is 0.172 e. The van der Waals surface area contributed by atoms with E-state index >= 15 is 0 Å². The molecule has 0 atom stereocenters. The number of amidine groups is 1. The predicted octanol–water partition coefficient (Wildman–Crippen LogP) is 1.13. The molecule has 0 saturated carbocycles. The second-order valence-corrected chi connectivity index (χ2v) is 3.13. The maximum Gasteiger partial charge on any atom is 0.172 e. The molecule has 0 aromatic heterocycles. The Hall–Kier alpha value is -1.23. The highest BCUT2D eigenvalue weighted by molar-refractivity contribution is 9.10. The number of nitrogen functional groups attached to an aromatic ring is 1. The molecule has 64 valence electrons. The van der Waals surface area contributed by atoms with E-state index in [1.807, 2.05) is 0 Å². The van der Waals surface area contributed by atoms with Gasteiger partial charge in [-0.05, 0) is 18.2 Å². The van der Waals surface area contributed by atoms with E-state index in [2.05, 4.69) is 21.1 Å². The van der Waals surface area contributed by atoms with Gasteiger partial charge in [0.15, 0.2) is 5.84 Å². The third-order valence-electron chi connectivity index (χ3n) is 1.40. The zero-order chi connectivity index (χ0) is 9.14. The van der Waals surface area contributed by atoms with E-state index < -0.39 is 0 Å². The molecule has 0 aliphatic rings. The number of oxime groups is 1. The van der Waals surface area contributed by atoms with Crippen molar-refractivity contribution >= 4 is 27.5 Å². The highest BCUT2D eigenvalue weighted by Gasteiger charge is 2.03. The molecule has 12 heavy (non-hydrogen) atoms. The molecule has 0 heterocycles. The SMILES string of the molecule is NC(=NO)c1cc(Br)ccc1N. The van der Waals surface area contributed by atoms with E-state index in [0.29, 0.717) is 11.3 Å².